The van der Waals surface area contributed by atoms with E-state index in [-0.39, 0.29) is 17.3 Å². The third-order valence-electron chi connectivity index (χ3n) is 5.58. The van der Waals surface area contributed by atoms with Crippen LogP contribution >= 0.6 is 0 Å². The van der Waals surface area contributed by atoms with Crippen LogP contribution in [0.5, 0.6) is 0 Å². The van der Waals surface area contributed by atoms with E-state index >= 15 is 0 Å². The van der Waals surface area contributed by atoms with Gasteiger partial charge in [0.1, 0.15) is 0 Å². The summed E-state index contributed by atoms with van der Waals surface area (Å²) in [7, 11) is -3.72. The number of benzene rings is 2. The van der Waals surface area contributed by atoms with E-state index in [1.807, 2.05) is 17.0 Å². The Hall–Kier alpha value is -2.58. The number of sulfonamides is 1. The van der Waals surface area contributed by atoms with Gasteiger partial charge in [-0.05, 0) is 73.7 Å². The first-order valence-corrected chi connectivity index (χ1v) is 11.5. The van der Waals surface area contributed by atoms with E-state index in [0.717, 1.165) is 30.0 Å². The topological polar surface area (TPSA) is 95.7 Å². The van der Waals surface area contributed by atoms with Crippen LogP contribution in [0.1, 0.15) is 24.8 Å². The predicted octanol–water partition coefficient (Wildman–Crippen LogP) is 2.33. The maximum atomic E-state index is 12.5. The standard InChI is InChI=1S/C21H26N4O3S/c22-29(27,28)19-8-9-20-16(14-19)10-13-25(20)15-21(26)23-17-4-6-18(7-5-17)24-11-2-1-3-12-24/h4-9,14H,1-3,10-13,15H2,(H,23,26)(H2,22,27,28). The lowest BCUT2D eigenvalue weighted by molar-refractivity contribution is -0.115. The maximum Gasteiger partial charge on any atom is 0.243 e. The predicted molar refractivity (Wildman–Crippen MR) is 115 cm³/mol. The van der Waals surface area contributed by atoms with E-state index in [2.05, 4.69) is 22.3 Å². The molecule has 1 amide bonds. The summed E-state index contributed by atoms with van der Waals surface area (Å²) in [6.07, 6.45) is 4.45. The number of amides is 1. The molecule has 4 rings (SSSR count). The van der Waals surface area contributed by atoms with Crippen LogP contribution < -0.4 is 20.3 Å². The van der Waals surface area contributed by atoms with E-state index in [9.17, 15) is 13.2 Å². The second-order valence-electron chi connectivity index (χ2n) is 7.65. The van der Waals surface area contributed by atoms with Gasteiger partial charge in [0.15, 0.2) is 0 Å². The van der Waals surface area contributed by atoms with E-state index in [1.54, 1.807) is 12.1 Å². The summed E-state index contributed by atoms with van der Waals surface area (Å²) in [4.78, 5) is 17.0. The zero-order chi connectivity index (χ0) is 20.4. The van der Waals surface area contributed by atoms with Gasteiger partial charge in [-0.25, -0.2) is 13.6 Å². The fraction of sp³-hybridized carbons (Fsp3) is 0.381. The Bertz CT molecular complexity index is 999. The number of carbonyl (C=O) groups is 1. The zero-order valence-electron chi connectivity index (χ0n) is 16.3. The van der Waals surface area contributed by atoms with Gasteiger partial charge in [-0.15, -0.1) is 0 Å². The van der Waals surface area contributed by atoms with Crippen LogP contribution in [-0.4, -0.2) is 40.5 Å². The van der Waals surface area contributed by atoms with Gasteiger partial charge in [-0.1, -0.05) is 0 Å². The minimum absolute atomic E-state index is 0.0981. The molecule has 1 saturated heterocycles. The molecule has 2 aliphatic rings. The van der Waals surface area contributed by atoms with Crippen LogP contribution in [0.4, 0.5) is 17.1 Å². The van der Waals surface area contributed by atoms with E-state index in [1.165, 1.54) is 31.0 Å². The minimum atomic E-state index is -3.72. The highest BCUT2D eigenvalue weighted by molar-refractivity contribution is 7.89. The lowest BCUT2D eigenvalue weighted by Crippen LogP contribution is -2.32. The number of primary sulfonamides is 1. The van der Waals surface area contributed by atoms with Gasteiger partial charge in [0.05, 0.1) is 11.4 Å². The number of rotatable bonds is 5. The van der Waals surface area contributed by atoms with Gasteiger partial charge < -0.3 is 15.1 Å². The van der Waals surface area contributed by atoms with Crippen molar-refractivity contribution in [1.82, 2.24) is 0 Å². The molecule has 2 heterocycles. The van der Waals surface area contributed by atoms with Crippen molar-refractivity contribution in [2.75, 3.05) is 41.3 Å². The molecule has 2 aromatic rings. The molecule has 0 spiro atoms. The minimum Gasteiger partial charge on any atom is -0.372 e. The molecule has 0 atom stereocenters. The van der Waals surface area contributed by atoms with Crippen molar-refractivity contribution in [1.29, 1.82) is 0 Å². The second kappa shape index (κ2) is 8.04. The third kappa shape index (κ3) is 4.54. The number of hydrogen-bond donors (Lipinski definition) is 2. The van der Waals surface area contributed by atoms with Crippen molar-refractivity contribution in [3.63, 3.8) is 0 Å². The van der Waals surface area contributed by atoms with Gasteiger partial charge in [-0.3, -0.25) is 4.79 Å². The number of hydrogen-bond acceptors (Lipinski definition) is 5. The molecule has 29 heavy (non-hydrogen) atoms. The number of anilines is 3. The highest BCUT2D eigenvalue weighted by Gasteiger charge is 2.23. The highest BCUT2D eigenvalue weighted by Crippen LogP contribution is 2.30. The average Bonchev–Trinajstić information content (AvgIpc) is 3.10. The van der Waals surface area contributed by atoms with Crippen LogP contribution in [0.15, 0.2) is 47.4 Å². The van der Waals surface area contributed by atoms with Crippen LogP contribution in [0.3, 0.4) is 0 Å². The fourth-order valence-electron chi connectivity index (χ4n) is 4.07. The number of piperidine rings is 1. The van der Waals surface area contributed by atoms with Crippen molar-refractivity contribution in [3.05, 3.63) is 48.0 Å². The highest BCUT2D eigenvalue weighted by atomic mass is 32.2. The molecule has 8 heteroatoms. The summed E-state index contributed by atoms with van der Waals surface area (Å²) in [6.45, 7) is 3.07. The summed E-state index contributed by atoms with van der Waals surface area (Å²) in [5.41, 5.74) is 3.75. The third-order valence-corrected chi connectivity index (χ3v) is 6.49. The van der Waals surface area contributed by atoms with Crippen LogP contribution in [0.25, 0.3) is 0 Å². The smallest absolute Gasteiger partial charge is 0.243 e. The van der Waals surface area contributed by atoms with Crippen molar-refractivity contribution in [2.24, 2.45) is 5.14 Å². The SMILES string of the molecule is NS(=O)(=O)c1ccc2c(c1)CCN2CC(=O)Nc1ccc(N2CCCCC2)cc1. The molecule has 2 aromatic carbocycles. The lowest BCUT2D eigenvalue weighted by atomic mass is 10.1. The number of nitrogens with zero attached hydrogens (tertiary/aromatic N) is 2. The first-order valence-electron chi connectivity index (χ1n) is 9.96. The van der Waals surface area contributed by atoms with Crippen molar-refractivity contribution < 1.29 is 13.2 Å². The quantitative estimate of drug-likeness (QED) is 0.783. The van der Waals surface area contributed by atoms with E-state index in [4.69, 9.17) is 5.14 Å². The first-order chi connectivity index (χ1) is 13.9. The molecule has 0 radical (unpaired) electrons. The van der Waals surface area contributed by atoms with E-state index in [0.29, 0.717) is 13.0 Å². The monoisotopic (exact) mass is 414 g/mol. The Morgan fingerprint density at radius 1 is 1.00 bits per heavy atom. The number of nitrogens with two attached hydrogens (primary N) is 1. The van der Waals surface area contributed by atoms with Crippen molar-refractivity contribution in [3.8, 4) is 0 Å². The summed E-state index contributed by atoms with van der Waals surface area (Å²) >= 11 is 0. The van der Waals surface area contributed by atoms with Gasteiger partial charge >= 0.3 is 0 Å². The molecule has 0 aliphatic carbocycles. The number of fused-ring (bicyclic) bond motifs is 1. The molecule has 7 nitrogen and oxygen atoms in total. The summed E-state index contributed by atoms with van der Waals surface area (Å²) in [5, 5.41) is 8.15. The van der Waals surface area contributed by atoms with Gasteiger partial charge in [-0.2, -0.15) is 0 Å². The van der Waals surface area contributed by atoms with E-state index < -0.39 is 10.0 Å². The Morgan fingerprint density at radius 2 is 1.72 bits per heavy atom. The Balaban J connectivity index is 1.37. The molecule has 2 aliphatic heterocycles. The van der Waals surface area contributed by atoms with Gasteiger partial charge in [0.2, 0.25) is 15.9 Å². The molecule has 1 fully saturated rings. The Labute approximate surface area is 171 Å². The summed E-state index contributed by atoms with van der Waals surface area (Å²) in [6, 6.07) is 12.8. The van der Waals surface area contributed by atoms with Crippen molar-refractivity contribution in [2.45, 2.75) is 30.6 Å². The van der Waals surface area contributed by atoms with Crippen LogP contribution in [-0.2, 0) is 21.2 Å². The lowest BCUT2D eigenvalue weighted by Gasteiger charge is -2.28. The van der Waals surface area contributed by atoms with Crippen molar-refractivity contribution >= 4 is 33.0 Å². The normalized spacial score (nSPS) is 16.6. The van der Waals surface area contributed by atoms with Gasteiger partial charge in [0, 0.05) is 36.7 Å². The summed E-state index contributed by atoms with van der Waals surface area (Å²) in [5.74, 6) is -0.0981. The van der Waals surface area contributed by atoms with Gasteiger partial charge in [0.25, 0.3) is 0 Å². The largest absolute Gasteiger partial charge is 0.372 e. The Morgan fingerprint density at radius 3 is 2.41 bits per heavy atom. The number of carbonyl (C=O) groups excluding carboxylic acids is 1. The summed E-state index contributed by atoms with van der Waals surface area (Å²) < 4.78 is 23.0. The molecular weight excluding hydrogens is 388 g/mol. The molecule has 0 unspecified atom stereocenters. The molecule has 3 N–H and O–H groups in total. The Kier molecular flexibility index (Phi) is 5.47. The number of nitrogens with one attached hydrogen (secondary N) is 1. The first kappa shape index (κ1) is 19.7. The average molecular weight is 415 g/mol. The maximum absolute atomic E-state index is 12.5. The molecular formula is C21H26N4O3S. The fourth-order valence-corrected chi connectivity index (χ4v) is 4.63. The molecule has 154 valence electrons. The zero-order valence-corrected chi connectivity index (χ0v) is 17.1. The molecule has 0 aromatic heterocycles. The second-order valence-corrected chi connectivity index (χ2v) is 9.21. The van der Waals surface area contributed by atoms with Crippen LogP contribution in [0.2, 0.25) is 0 Å². The molecule has 0 bridgehead atoms. The van der Waals surface area contributed by atoms with Crippen LogP contribution in [0, 0.1) is 0 Å². The molecule has 0 saturated carbocycles.